The van der Waals surface area contributed by atoms with Crippen molar-refractivity contribution >= 4 is 15.9 Å². The quantitative estimate of drug-likeness (QED) is 0.492. The third-order valence-electron chi connectivity index (χ3n) is 2.12. The molecule has 0 bridgehead atoms. The number of nitrogens with two attached hydrogens (primary N) is 1. The molecule has 0 saturated heterocycles. The normalized spacial score (nSPS) is 12.5. The molecule has 0 saturated carbocycles. The van der Waals surface area contributed by atoms with Crippen molar-refractivity contribution < 1.29 is 0 Å². The molecule has 76 valence electrons. The van der Waals surface area contributed by atoms with Gasteiger partial charge in [-0.05, 0) is 31.0 Å². The van der Waals surface area contributed by atoms with Crippen LogP contribution in [0.5, 0.6) is 0 Å². The van der Waals surface area contributed by atoms with Crippen LogP contribution in [0.15, 0.2) is 40.9 Å². The van der Waals surface area contributed by atoms with Crippen molar-refractivity contribution in [3.8, 4) is 0 Å². The standard InChI is InChI=1S/C11H15BrN2/c1-8(2)11(14-13)7-9-4-3-5-10(12)6-9/h3-6,11,14H,1,7,13H2,2H3. The Labute approximate surface area is 93.3 Å². The molecule has 0 aliphatic carbocycles. The maximum absolute atomic E-state index is 5.44. The molecule has 0 fully saturated rings. The lowest BCUT2D eigenvalue weighted by Crippen LogP contribution is -2.37. The van der Waals surface area contributed by atoms with Crippen LogP contribution in [0.3, 0.4) is 0 Å². The third kappa shape index (κ3) is 3.25. The van der Waals surface area contributed by atoms with Crippen LogP contribution in [-0.4, -0.2) is 6.04 Å². The molecule has 0 radical (unpaired) electrons. The van der Waals surface area contributed by atoms with Gasteiger partial charge in [-0.25, -0.2) is 0 Å². The van der Waals surface area contributed by atoms with Gasteiger partial charge in [-0.3, -0.25) is 11.3 Å². The highest BCUT2D eigenvalue weighted by Crippen LogP contribution is 2.14. The summed E-state index contributed by atoms with van der Waals surface area (Å²) in [7, 11) is 0. The number of hydrazine groups is 1. The summed E-state index contributed by atoms with van der Waals surface area (Å²) in [5.74, 6) is 5.44. The molecular formula is C11H15BrN2. The predicted octanol–water partition coefficient (Wildman–Crippen LogP) is 2.40. The molecule has 0 spiro atoms. The van der Waals surface area contributed by atoms with Gasteiger partial charge in [0.1, 0.15) is 0 Å². The van der Waals surface area contributed by atoms with Crippen molar-refractivity contribution in [1.29, 1.82) is 0 Å². The summed E-state index contributed by atoms with van der Waals surface area (Å²) in [5, 5.41) is 0. The van der Waals surface area contributed by atoms with Crippen LogP contribution in [0, 0.1) is 0 Å². The Morgan fingerprint density at radius 1 is 1.64 bits per heavy atom. The van der Waals surface area contributed by atoms with Gasteiger partial charge in [0.25, 0.3) is 0 Å². The number of nitrogens with one attached hydrogen (secondary N) is 1. The molecule has 0 aromatic heterocycles. The fourth-order valence-electron chi connectivity index (χ4n) is 1.28. The minimum Gasteiger partial charge on any atom is -0.271 e. The van der Waals surface area contributed by atoms with Gasteiger partial charge >= 0.3 is 0 Å². The van der Waals surface area contributed by atoms with Gasteiger partial charge in [-0.2, -0.15) is 0 Å². The van der Waals surface area contributed by atoms with Crippen molar-refractivity contribution in [2.75, 3.05) is 0 Å². The highest BCUT2D eigenvalue weighted by molar-refractivity contribution is 9.10. The molecule has 3 heteroatoms. The number of benzene rings is 1. The molecular weight excluding hydrogens is 240 g/mol. The van der Waals surface area contributed by atoms with Crippen molar-refractivity contribution in [1.82, 2.24) is 5.43 Å². The Balaban J connectivity index is 2.72. The summed E-state index contributed by atoms with van der Waals surface area (Å²) in [5.41, 5.74) is 5.04. The second-order valence-corrected chi connectivity index (χ2v) is 4.32. The zero-order valence-electron chi connectivity index (χ0n) is 8.26. The van der Waals surface area contributed by atoms with Crippen LogP contribution in [-0.2, 0) is 6.42 Å². The first-order valence-corrected chi connectivity index (χ1v) is 5.28. The number of rotatable bonds is 4. The Morgan fingerprint density at radius 3 is 2.86 bits per heavy atom. The van der Waals surface area contributed by atoms with Gasteiger partial charge in [0.2, 0.25) is 0 Å². The highest BCUT2D eigenvalue weighted by atomic mass is 79.9. The van der Waals surface area contributed by atoms with E-state index in [0.29, 0.717) is 0 Å². The van der Waals surface area contributed by atoms with E-state index in [1.807, 2.05) is 19.1 Å². The minimum atomic E-state index is 0.143. The molecule has 0 aliphatic rings. The minimum absolute atomic E-state index is 0.143. The maximum atomic E-state index is 5.44. The van der Waals surface area contributed by atoms with E-state index in [0.717, 1.165) is 16.5 Å². The van der Waals surface area contributed by atoms with Gasteiger partial charge in [0.05, 0.1) is 0 Å². The van der Waals surface area contributed by atoms with E-state index in [4.69, 9.17) is 5.84 Å². The lowest BCUT2D eigenvalue weighted by Gasteiger charge is -2.15. The Hall–Kier alpha value is -0.640. The first-order valence-electron chi connectivity index (χ1n) is 4.49. The second kappa shape index (κ2) is 5.29. The van der Waals surface area contributed by atoms with Gasteiger partial charge in [0.15, 0.2) is 0 Å². The van der Waals surface area contributed by atoms with Crippen LogP contribution in [0.4, 0.5) is 0 Å². The average Bonchev–Trinajstić information content (AvgIpc) is 2.14. The molecule has 1 aromatic rings. The molecule has 3 N–H and O–H groups in total. The first-order chi connectivity index (χ1) is 6.63. The largest absolute Gasteiger partial charge is 0.271 e. The van der Waals surface area contributed by atoms with Crippen LogP contribution in [0.1, 0.15) is 12.5 Å². The highest BCUT2D eigenvalue weighted by Gasteiger charge is 2.07. The van der Waals surface area contributed by atoms with E-state index in [-0.39, 0.29) is 6.04 Å². The van der Waals surface area contributed by atoms with Crippen molar-refractivity contribution in [2.45, 2.75) is 19.4 Å². The zero-order chi connectivity index (χ0) is 10.6. The third-order valence-corrected chi connectivity index (χ3v) is 2.62. The van der Waals surface area contributed by atoms with Gasteiger partial charge in [-0.15, -0.1) is 0 Å². The van der Waals surface area contributed by atoms with E-state index in [2.05, 4.69) is 40.1 Å². The Kier molecular flexibility index (Phi) is 4.32. The molecule has 1 unspecified atom stereocenters. The number of halogens is 1. The van der Waals surface area contributed by atoms with E-state index in [1.54, 1.807) is 0 Å². The molecule has 2 nitrogen and oxygen atoms in total. The van der Waals surface area contributed by atoms with Crippen LogP contribution < -0.4 is 11.3 Å². The molecule has 1 rings (SSSR count). The van der Waals surface area contributed by atoms with Gasteiger partial charge < -0.3 is 0 Å². The zero-order valence-corrected chi connectivity index (χ0v) is 9.84. The lowest BCUT2D eigenvalue weighted by atomic mass is 10.0. The fourth-order valence-corrected chi connectivity index (χ4v) is 1.72. The molecule has 0 heterocycles. The molecule has 0 amide bonds. The summed E-state index contributed by atoms with van der Waals surface area (Å²) in [4.78, 5) is 0. The maximum Gasteiger partial charge on any atom is 0.0454 e. The summed E-state index contributed by atoms with van der Waals surface area (Å²) in [6, 6.07) is 8.34. The molecule has 14 heavy (non-hydrogen) atoms. The summed E-state index contributed by atoms with van der Waals surface area (Å²) >= 11 is 3.44. The van der Waals surface area contributed by atoms with E-state index in [1.165, 1.54) is 5.56 Å². The SMILES string of the molecule is C=C(C)C(Cc1cccc(Br)c1)NN. The topological polar surface area (TPSA) is 38.0 Å². The van der Waals surface area contributed by atoms with Gasteiger partial charge in [-0.1, -0.05) is 40.2 Å². The molecule has 1 atom stereocenters. The Morgan fingerprint density at radius 2 is 2.36 bits per heavy atom. The summed E-state index contributed by atoms with van der Waals surface area (Å²) in [6.45, 7) is 5.87. The van der Waals surface area contributed by atoms with Crippen LogP contribution >= 0.6 is 15.9 Å². The summed E-state index contributed by atoms with van der Waals surface area (Å²) < 4.78 is 1.09. The monoisotopic (exact) mass is 254 g/mol. The predicted molar refractivity (Wildman–Crippen MR) is 63.8 cm³/mol. The van der Waals surface area contributed by atoms with E-state index in [9.17, 15) is 0 Å². The number of hydrogen-bond acceptors (Lipinski definition) is 2. The fraction of sp³-hybridized carbons (Fsp3) is 0.273. The lowest BCUT2D eigenvalue weighted by molar-refractivity contribution is 0.591. The Bertz CT molecular complexity index is 323. The molecule has 0 aliphatic heterocycles. The number of hydrogen-bond donors (Lipinski definition) is 2. The first kappa shape index (κ1) is 11.4. The summed E-state index contributed by atoms with van der Waals surface area (Å²) in [6.07, 6.45) is 0.866. The second-order valence-electron chi connectivity index (χ2n) is 3.40. The average molecular weight is 255 g/mol. The van der Waals surface area contributed by atoms with Crippen molar-refractivity contribution in [3.05, 3.63) is 46.5 Å². The van der Waals surface area contributed by atoms with Crippen LogP contribution in [0.2, 0.25) is 0 Å². The van der Waals surface area contributed by atoms with Crippen LogP contribution in [0.25, 0.3) is 0 Å². The molecule has 1 aromatic carbocycles. The van der Waals surface area contributed by atoms with Gasteiger partial charge in [0, 0.05) is 10.5 Å². The van der Waals surface area contributed by atoms with Crippen molar-refractivity contribution in [3.63, 3.8) is 0 Å². The smallest absolute Gasteiger partial charge is 0.0454 e. The van der Waals surface area contributed by atoms with Crippen molar-refractivity contribution in [2.24, 2.45) is 5.84 Å². The van der Waals surface area contributed by atoms with E-state index < -0.39 is 0 Å². The van der Waals surface area contributed by atoms with E-state index >= 15 is 0 Å².